The highest BCUT2D eigenvalue weighted by atomic mass is 32.2. The Bertz CT molecular complexity index is 1620. The monoisotopic (exact) mass is 637 g/mol. The Morgan fingerprint density at radius 1 is 1.07 bits per heavy atom. The van der Waals surface area contributed by atoms with Crippen molar-refractivity contribution in [2.24, 2.45) is 0 Å². The summed E-state index contributed by atoms with van der Waals surface area (Å²) < 4.78 is 26.2. The molecule has 1 aliphatic carbocycles. The molecule has 10 nitrogen and oxygen atoms in total. The Balaban J connectivity index is 1.31. The summed E-state index contributed by atoms with van der Waals surface area (Å²) in [5.41, 5.74) is 1.97. The maximum absolute atomic E-state index is 13.8. The van der Waals surface area contributed by atoms with Crippen LogP contribution in [-0.4, -0.2) is 51.0 Å². The number of nitrogens with zero attached hydrogens (tertiary/aromatic N) is 3. The molecule has 5 rings (SSSR count). The van der Waals surface area contributed by atoms with Gasteiger partial charge in [0.2, 0.25) is 5.91 Å². The minimum atomic E-state index is -0.644. The summed E-state index contributed by atoms with van der Waals surface area (Å²) in [6.07, 6.45) is 3.67. The molecular formula is C31H32FN5O5S2. The summed E-state index contributed by atoms with van der Waals surface area (Å²) >= 11 is 2.58. The van der Waals surface area contributed by atoms with E-state index in [0.29, 0.717) is 33.0 Å². The largest absolute Gasteiger partial charge is 0.484 e. The Labute approximate surface area is 262 Å². The smallest absolute Gasteiger partial charge is 0.341 e. The van der Waals surface area contributed by atoms with Gasteiger partial charge in [0.05, 0.1) is 24.0 Å². The molecular weight excluding hydrogens is 606 g/mol. The number of rotatable bonds is 12. The number of fused-ring (bicyclic) bond motifs is 1. The first-order chi connectivity index (χ1) is 21.3. The van der Waals surface area contributed by atoms with Crippen LogP contribution in [0.1, 0.15) is 53.3 Å². The Kier molecular flexibility index (Phi) is 10.3. The van der Waals surface area contributed by atoms with Crippen LogP contribution in [0.2, 0.25) is 0 Å². The Morgan fingerprint density at radius 3 is 2.57 bits per heavy atom. The van der Waals surface area contributed by atoms with E-state index in [1.807, 2.05) is 18.2 Å². The van der Waals surface area contributed by atoms with Crippen LogP contribution in [-0.2, 0) is 33.7 Å². The van der Waals surface area contributed by atoms with E-state index < -0.39 is 17.0 Å². The number of amides is 2. The van der Waals surface area contributed by atoms with Crippen molar-refractivity contribution in [3.05, 3.63) is 82.2 Å². The molecule has 0 spiro atoms. The van der Waals surface area contributed by atoms with Crippen LogP contribution in [0.15, 0.2) is 59.8 Å². The molecule has 0 unspecified atom stereocenters. The van der Waals surface area contributed by atoms with Crippen molar-refractivity contribution in [3.8, 4) is 11.4 Å². The van der Waals surface area contributed by atoms with Gasteiger partial charge >= 0.3 is 5.97 Å². The van der Waals surface area contributed by atoms with Gasteiger partial charge in [-0.25, -0.2) is 9.18 Å². The molecule has 1 aliphatic rings. The lowest BCUT2D eigenvalue weighted by atomic mass is 9.95. The van der Waals surface area contributed by atoms with Gasteiger partial charge in [0, 0.05) is 10.6 Å². The van der Waals surface area contributed by atoms with Crippen molar-refractivity contribution in [1.82, 2.24) is 20.1 Å². The van der Waals surface area contributed by atoms with Crippen LogP contribution in [0.5, 0.6) is 5.75 Å². The number of thioether (sulfide) groups is 1. The van der Waals surface area contributed by atoms with E-state index in [-0.39, 0.29) is 31.6 Å². The highest BCUT2D eigenvalue weighted by molar-refractivity contribution is 8.00. The number of aromatic nitrogens is 3. The van der Waals surface area contributed by atoms with Crippen LogP contribution in [0.4, 0.5) is 9.39 Å². The lowest BCUT2D eigenvalue weighted by Gasteiger charge is -2.15. The minimum Gasteiger partial charge on any atom is -0.484 e. The van der Waals surface area contributed by atoms with Crippen molar-refractivity contribution in [1.29, 1.82) is 0 Å². The minimum absolute atomic E-state index is 0.0200. The van der Waals surface area contributed by atoms with Gasteiger partial charge in [0.1, 0.15) is 16.6 Å². The van der Waals surface area contributed by atoms with Crippen molar-refractivity contribution in [2.45, 2.75) is 56.5 Å². The van der Waals surface area contributed by atoms with E-state index in [9.17, 15) is 18.8 Å². The van der Waals surface area contributed by atoms with Crippen molar-refractivity contribution in [2.75, 3.05) is 18.5 Å². The number of aryl methyl sites for hydroxylation is 1. The first-order valence-corrected chi connectivity index (χ1v) is 16.0. The molecule has 2 aromatic heterocycles. The molecule has 4 aromatic rings. The molecule has 2 heterocycles. The number of thiophene rings is 1. The molecule has 2 N–H and O–H groups in total. The van der Waals surface area contributed by atoms with Crippen LogP contribution in [0, 0.1) is 5.82 Å². The molecule has 230 valence electrons. The topological polar surface area (TPSA) is 124 Å². The lowest BCUT2D eigenvalue weighted by Crippen LogP contribution is -2.29. The Morgan fingerprint density at radius 2 is 1.82 bits per heavy atom. The van der Waals surface area contributed by atoms with E-state index in [0.717, 1.165) is 47.9 Å². The fraction of sp³-hybridized carbons (Fsp3) is 0.323. The summed E-state index contributed by atoms with van der Waals surface area (Å²) in [7, 11) is 0. The standard InChI is InChI=1S/C31H32FN5O5S2/c1-3-41-30(40)27-23-11-7-8-12-24(23)44-29(27)34-28(39)19(2)43-31-36-35-25(37(31)21-15-13-20(32)14-16-21)17-33-26(38)18-42-22-9-5-4-6-10-22/h4-6,9-10,13-16,19H,3,7-8,11-12,17-18H2,1-2H3,(H,33,38)(H,34,39)/t19-/m0/s1. The number of benzene rings is 2. The number of esters is 1. The number of hydrogen-bond donors (Lipinski definition) is 2. The first kappa shape index (κ1) is 31.2. The van der Waals surface area contributed by atoms with Gasteiger partial charge in [-0.05, 0) is 81.5 Å². The number of anilines is 1. The maximum atomic E-state index is 13.8. The number of nitrogens with one attached hydrogen (secondary N) is 2. The van der Waals surface area contributed by atoms with Gasteiger partial charge in [-0.3, -0.25) is 14.2 Å². The normalized spacial score (nSPS) is 13.1. The number of halogens is 1. The van der Waals surface area contributed by atoms with Gasteiger partial charge < -0.3 is 20.1 Å². The molecule has 0 saturated carbocycles. The number of ether oxygens (including phenoxy) is 2. The van der Waals surface area contributed by atoms with Crippen LogP contribution in [0.3, 0.4) is 0 Å². The van der Waals surface area contributed by atoms with Gasteiger partial charge in [-0.1, -0.05) is 30.0 Å². The van der Waals surface area contributed by atoms with Gasteiger partial charge in [-0.15, -0.1) is 21.5 Å². The molecule has 1 atom stereocenters. The maximum Gasteiger partial charge on any atom is 0.341 e. The fourth-order valence-electron chi connectivity index (χ4n) is 4.73. The molecule has 13 heteroatoms. The molecule has 2 aromatic carbocycles. The average molecular weight is 638 g/mol. The quantitative estimate of drug-likeness (QED) is 0.158. The zero-order valence-corrected chi connectivity index (χ0v) is 25.9. The lowest BCUT2D eigenvalue weighted by molar-refractivity contribution is -0.123. The molecule has 0 radical (unpaired) electrons. The molecule has 2 amide bonds. The molecule has 44 heavy (non-hydrogen) atoms. The number of carbonyl (C=O) groups excluding carboxylic acids is 3. The predicted octanol–water partition coefficient (Wildman–Crippen LogP) is 5.34. The highest BCUT2D eigenvalue weighted by Gasteiger charge is 2.29. The third-order valence-corrected chi connectivity index (χ3v) is 9.13. The third kappa shape index (κ3) is 7.45. The summed E-state index contributed by atoms with van der Waals surface area (Å²) in [5.74, 6) is -0.566. The summed E-state index contributed by atoms with van der Waals surface area (Å²) in [6, 6.07) is 14.7. The summed E-state index contributed by atoms with van der Waals surface area (Å²) in [6.45, 7) is 3.55. The second kappa shape index (κ2) is 14.5. The number of hydrogen-bond acceptors (Lipinski definition) is 9. The number of carbonyl (C=O) groups is 3. The molecule has 0 bridgehead atoms. The van der Waals surface area contributed by atoms with E-state index >= 15 is 0 Å². The second-order valence-corrected chi connectivity index (χ2v) is 12.4. The van der Waals surface area contributed by atoms with Gasteiger partial charge in [0.15, 0.2) is 17.6 Å². The summed E-state index contributed by atoms with van der Waals surface area (Å²) in [5, 5.41) is 14.5. The molecule has 0 fully saturated rings. The summed E-state index contributed by atoms with van der Waals surface area (Å²) in [4.78, 5) is 39.8. The van der Waals surface area contributed by atoms with Crippen LogP contribution < -0.4 is 15.4 Å². The SMILES string of the molecule is CCOC(=O)c1c(NC(=O)[C@H](C)Sc2nnc(CNC(=O)COc3ccccc3)n2-c2ccc(F)cc2)sc2c1CCCC2. The van der Waals surface area contributed by atoms with Crippen LogP contribution >= 0.6 is 23.1 Å². The predicted molar refractivity (Wildman–Crippen MR) is 166 cm³/mol. The van der Waals surface area contributed by atoms with Gasteiger partial charge in [0.25, 0.3) is 5.91 Å². The van der Waals surface area contributed by atoms with Crippen molar-refractivity contribution < 1.29 is 28.2 Å². The highest BCUT2D eigenvalue weighted by Crippen LogP contribution is 2.39. The van der Waals surface area contributed by atoms with E-state index in [2.05, 4.69) is 20.8 Å². The third-order valence-electron chi connectivity index (χ3n) is 6.88. The Hall–Kier alpha value is -4.23. The zero-order valence-electron chi connectivity index (χ0n) is 24.3. The average Bonchev–Trinajstić information content (AvgIpc) is 3.60. The second-order valence-electron chi connectivity index (χ2n) is 9.97. The number of para-hydroxylation sites is 1. The zero-order chi connectivity index (χ0) is 31.1. The molecule has 0 saturated heterocycles. The van der Waals surface area contributed by atoms with E-state index in [1.165, 1.54) is 23.5 Å². The van der Waals surface area contributed by atoms with E-state index in [1.54, 1.807) is 42.7 Å². The first-order valence-electron chi connectivity index (χ1n) is 14.3. The van der Waals surface area contributed by atoms with Crippen LogP contribution in [0.25, 0.3) is 5.69 Å². The molecule has 0 aliphatic heterocycles. The van der Waals surface area contributed by atoms with Crippen molar-refractivity contribution in [3.63, 3.8) is 0 Å². The fourth-order valence-corrected chi connectivity index (χ4v) is 6.90. The van der Waals surface area contributed by atoms with E-state index in [4.69, 9.17) is 9.47 Å². The van der Waals surface area contributed by atoms with Crippen molar-refractivity contribution >= 4 is 45.9 Å². The van der Waals surface area contributed by atoms with Gasteiger partial charge in [-0.2, -0.15) is 0 Å².